The predicted octanol–water partition coefficient (Wildman–Crippen LogP) is 3.70. The highest BCUT2D eigenvalue weighted by Crippen LogP contribution is 2.37. The van der Waals surface area contributed by atoms with E-state index in [2.05, 4.69) is 11.4 Å². The number of unbranched alkanes of at least 4 members (excludes halogenated alkanes) is 10. The Bertz CT molecular complexity index is 370. The van der Waals surface area contributed by atoms with Crippen LogP contribution in [0.15, 0.2) is 0 Å². The summed E-state index contributed by atoms with van der Waals surface area (Å²) in [5.74, 6) is -0.441. The number of rotatable bonds is 17. The van der Waals surface area contributed by atoms with Crippen LogP contribution in [-0.2, 0) is 18.6 Å². The van der Waals surface area contributed by atoms with Gasteiger partial charge in [0.05, 0.1) is 6.61 Å². The third kappa shape index (κ3) is 18.1. The molecule has 1 unspecified atom stereocenters. The van der Waals surface area contributed by atoms with Crippen molar-refractivity contribution in [2.45, 2.75) is 90.1 Å². The molecule has 0 amide bonds. The molecule has 3 N–H and O–H groups in total. The Balaban J connectivity index is 3.47. The third-order valence-electron chi connectivity index (χ3n) is 3.90. The van der Waals surface area contributed by atoms with Gasteiger partial charge in [0.1, 0.15) is 12.7 Å². The van der Waals surface area contributed by atoms with Crippen LogP contribution in [0, 0.1) is 0 Å². The number of aliphatic hydroxyl groups excluding tert-OH is 1. The first kappa shape index (κ1) is 24.5. The first-order valence-corrected chi connectivity index (χ1v) is 10.9. The molecule has 0 spiro atoms. The number of aliphatic hydroxyl groups is 1. The topological polar surface area (TPSA) is 113 Å². The molecule has 0 aliphatic heterocycles. The van der Waals surface area contributed by atoms with E-state index < -0.39 is 26.5 Å². The van der Waals surface area contributed by atoms with Crippen LogP contribution in [0.3, 0.4) is 0 Å². The maximum absolute atomic E-state index is 11.5. The number of phosphoric acid groups is 1. The van der Waals surface area contributed by atoms with Gasteiger partial charge in [-0.3, -0.25) is 9.32 Å². The molecular formula is C17H35O7P. The van der Waals surface area contributed by atoms with Crippen molar-refractivity contribution in [3.05, 3.63) is 0 Å². The molecule has 1 atom stereocenters. The Labute approximate surface area is 151 Å². The van der Waals surface area contributed by atoms with Crippen LogP contribution in [-0.4, -0.2) is 40.2 Å². The van der Waals surface area contributed by atoms with Crippen LogP contribution in [0.2, 0.25) is 0 Å². The van der Waals surface area contributed by atoms with Gasteiger partial charge in [-0.05, 0) is 6.42 Å². The summed E-state index contributed by atoms with van der Waals surface area (Å²) >= 11 is 0. The molecule has 25 heavy (non-hydrogen) atoms. The average Bonchev–Trinajstić information content (AvgIpc) is 2.55. The second-order valence-corrected chi connectivity index (χ2v) is 7.56. The van der Waals surface area contributed by atoms with Gasteiger partial charge in [-0.15, -0.1) is 0 Å². The summed E-state index contributed by atoms with van der Waals surface area (Å²) < 4.78 is 19.8. The van der Waals surface area contributed by atoms with E-state index >= 15 is 0 Å². The van der Waals surface area contributed by atoms with Crippen LogP contribution < -0.4 is 0 Å². The summed E-state index contributed by atoms with van der Waals surface area (Å²) in [6, 6.07) is 0. The predicted molar refractivity (Wildman–Crippen MR) is 96.0 cm³/mol. The lowest BCUT2D eigenvalue weighted by Gasteiger charge is -2.15. The van der Waals surface area contributed by atoms with Crippen LogP contribution in [0.1, 0.15) is 84.0 Å². The molecule has 0 aliphatic rings. The summed E-state index contributed by atoms with van der Waals surface area (Å²) in [5.41, 5.74) is 0. The molecule has 0 aromatic carbocycles. The third-order valence-corrected chi connectivity index (χ3v) is 4.48. The molecule has 0 aromatic rings. The fraction of sp³-hybridized carbons (Fsp3) is 0.941. The maximum atomic E-state index is 11.5. The number of carbonyl (C=O) groups excluding carboxylic acids is 1. The fourth-order valence-electron chi connectivity index (χ4n) is 2.50. The molecule has 8 heteroatoms. The Morgan fingerprint density at radius 3 is 1.84 bits per heavy atom. The van der Waals surface area contributed by atoms with E-state index in [0.29, 0.717) is 0 Å². The van der Waals surface area contributed by atoms with Gasteiger partial charge in [-0.2, -0.15) is 0 Å². The second kappa shape index (κ2) is 15.8. The molecule has 0 bridgehead atoms. The lowest BCUT2D eigenvalue weighted by atomic mass is 10.1. The highest BCUT2D eigenvalue weighted by Gasteiger charge is 2.22. The molecule has 0 aliphatic carbocycles. The Hall–Kier alpha value is -0.460. The van der Waals surface area contributed by atoms with Crippen LogP contribution in [0.4, 0.5) is 0 Å². The van der Waals surface area contributed by atoms with Crippen molar-refractivity contribution in [3.8, 4) is 0 Å². The van der Waals surface area contributed by atoms with Crippen molar-refractivity contribution >= 4 is 13.8 Å². The van der Waals surface area contributed by atoms with Gasteiger partial charge in [0.15, 0.2) is 0 Å². The molecule has 0 saturated heterocycles. The maximum Gasteiger partial charge on any atom is 0.470 e. The number of hydrogen-bond acceptors (Lipinski definition) is 5. The molecule has 0 rings (SSSR count). The minimum atomic E-state index is -4.70. The first-order chi connectivity index (χ1) is 11.9. The van der Waals surface area contributed by atoms with Crippen molar-refractivity contribution in [1.29, 1.82) is 0 Å². The monoisotopic (exact) mass is 382 g/mol. The number of esters is 1. The highest BCUT2D eigenvalue weighted by molar-refractivity contribution is 7.46. The van der Waals surface area contributed by atoms with Crippen molar-refractivity contribution in [2.24, 2.45) is 0 Å². The Morgan fingerprint density at radius 1 is 0.920 bits per heavy atom. The molecular weight excluding hydrogens is 347 g/mol. The number of phosphoric ester groups is 1. The standard InChI is InChI=1S/C17H35O7P/c1-2-3-4-5-6-7-8-9-10-11-12-13-17(19)23-15-16(14-18)24-25(20,21)22/h16,18H,2-15H2,1H3,(H2,20,21,22). The van der Waals surface area contributed by atoms with Crippen molar-refractivity contribution in [3.63, 3.8) is 0 Å². The van der Waals surface area contributed by atoms with E-state index in [9.17, 15) is 9.36 Å². The SMILES string of the molecule is CCCCCCCCCCCCCC(=O)OCC(CO)OP(=O)(O)O. The van der Waals surface area contributed by atoms with E-state index in [1.807, 2.05) is 0 Å². The van der Waals surface area contributed by atoms with E-state index in [1.165, 1.54) is 51.4 Å². The lowest BCUT2D eigenvalue weighted by molar-refractivity contribution is -0.147. The molecule has 150 valence electrons. The summed E-state index contributed by atoms with van der Waals surface area (Å²) in [6.07, 6.45) is 12.2. The van der Waals surface area contributed by atoms with Gasteiger partial charge in [-0.1, -0.05) is 71.1 Å². The Morgan fingerprint density at radius 2 is 1.40 bits per heavy atom. The number of ether oxygens (including phenoxy) is 1. The van der Waals surface area contributed by atoms with E-state index in [1.54, 1.807) is 0 Å². The van der Waals surface area contributed by atoms with Gasteiger partial charge in [0, 0.05) is 6.42 Å². The van der Waals surface area contributed by atoms with Gasteiger partial charge in [0.25, 0.3) is 0 Å². The summed E-state index contributed by atoms with van der Waals surface area (Å²) in [7, 11) is -4.70. The normalized spacial score (nSPS) is 13.0. The molecule has 0 saturated carbocycles. The first-order valence-electron chi connectivity index (χ1n) is 9.39. The minimum Gasteiger partial charge on any atom is -0.463 e. The van der Waals surface area contributed by atoms with Gasteiger partial charge in [0.2, 0.25) is 0 Å². The summed E-state index contributed by atoms with van der Waals surface area (Å²) in [6.45, 7) is 1.23. The highest BCUT2D eigenvalue weighted by atomic mass is 31.2. The fourth-order valence-corrected chi connectivity index (χ4v) is 3.02. The van der Waals surface area contributed by atoms with Gasteiger partial charge >= 0.3 is 13.8 Å². The van der Waals surface area contributed by atoms with Gasteiger partial charge < -0.3 is 19.6 Å². The van der Waals surface area contributed by atoms with E-state index in [0.717, 1.165) is 19.3 Å². The van der Waals surface area contributed by atoms with Crippen molar-refractivity contribution < 1.29 is 33.5 Å². The van der Waals surface area contributed by atoms with E-state index in [-0.39, 0.29) is 13.0 Å². The van der Waals surface area contributed by atoms with Crippen molar-refractivity contribution in [1.82, 2.24) is 0 Å². The quantitative estimate of drug-likeness (QED) is 0.200. The average molecular weight is 382 g/mol. The minimum absolute atomic E-state index is 0.269. The van der Waals surface area contributed by atoms with Crippen LogP contribution >= 0.6 is 7.82 Å². The zero-order valence-electron chi connectivity index (χ0n) is 15.4. The second-order valence-electron chi connectivity index (χ2n) is 6.37. The van der Waals surface area contributed by atoms with Crippen LogP contribution in [0.5, 0.6) is 0 Å². The molecule has 0 heterocycles. The largest absolute Gasteiger partial charge is 0.470 e. The van der Waals surface area contributed by atoms with Gasteiger partial charge in [-0.25, -0.2) is 4.57 Å². The van der Waals surface area contributed by atoms with Crippen molar-refractivity contribution in [2.75, 3.05) is 13.2 Å². The molecule has 7 nitrogen and oxygen atoms in total. The number of carbonyl (C=O) groups is 1. The molecule has 0 aromatic heterocycles. The lowest BCUT2D eigenvalue weighted by Crippen LogP contribution is -2.24. The van der Waals surface area contributed by atoms with Crippen LogP contribution in [0.25, 0.3) is 0 Å². The molecule has 0 radical (unpaired) electrons. The number of hydrogen-bond donors (Lipinski definition) is 3. The smallest absolute Gasteiger partial charge is 0.463 e. The zero-order valence-corrected chi connectivity index (χ0v) is 16.3. The van der Waals surface area contributed by atoms with E-state index in [4.69, 9.17) is 19.6 Å². The molecule has 0 fully saturated rings. The summed E-state index contributed by atoms with van der Waals surface area (Å²) in [5, 5.41) is 8.92. The zero-order chi connectivity index (χ0) is 19.0. The summed E-state index contributed by atoms with van der Waals surface area (Å²) in [4.78, 5) is 28.8. The Kier molecular flexibility index (Phi) is 15.5.